The lowest BCUT2D eigenvalue weighted by Gasteiger charge is -2.45. The average Bonchev–Trinajstić information content (AvgIpc) is 2.82. The Hall–Kier alpha value is -3.26. The molecule has 0 spiro atoms. The van der Waals surface area contributed by atoms with Gasteiger partial charge in [-0.15, -0.1) is 0 Å². The quantitative estimate of drug-likeness (QED) is 0.347. The largest absolute Gasteiger partial charge is 0.469 e. The topological polar surface area (TPSA) is 102 Å². The molecule has 2 rings (SSSR count). The number of dihydropyridines is 1. The molecule has 0 amide bonds. The highest BCUT2D eigenvalue weighted by Crippen LogP contribution is 2.43. The van der Waals surface area contributed by atoms with Crippen LogP contribution >= 0.6 is 0 Å². The van der Waals surface area contributed by atoms with Crippen LogP contribution in [-0.4, -0.2) is 42.6 Å². The van der Waals surface area contributed by atoms with Gasteiger partial charge < -0.3 is 19.9 Å². The van der Waals surface area contributed by atoms with E-state index in [9.17, 15) is 23.9 Å². The van der Waals surface area contributed by atoms with Crippen molar-refractivity contribution in [2.75, 3.05) is 13.7 Å². The van der Waals surface area contributed by atoms with E-state index in [1.165, 1.54) is 25.3 Å². The van der Waals surface area contributed by atoms with E-state index in [1.54, 1.807) is 31.2 Å². The molecule has 0 aliphatic carbocycles. The molecule has 2 atom stereocenters. The third-order valence-corrected chi connectivity index (χ3v) is 6.12. The van der Waals surface area contributed by atoms with E-state index in [4.69, 9.17) is 4.74 Å². The number of carbonyl (C=O) groups excluding carboxylic acids is 3. The molecule has 1 heterocycles. The number of aliphatic hydroxyl groups excluding tert-OH is 1. The highest BCUT2D eigenvalue weighted by atomic mass is 19.1. The van der Waals surface area contributed by atoms with E-state index in [1.807, 2.05) is 27.7 Å². The Kier molecular flexibility index (Phi) is 10.2. The van der Waals surface area contributed by atoms with E-state index in [0.717, 1.165) is 5.56 Å². The van der Waals surface area contributed by atoms with Crippen LogP contribution in [0.3, 0.4) is 0 Å². The van der Waals surface area contributed by atoms with Gasteiger partial charge >= 0.3 is 11.9 Å². The number of hydrogen-bond donors (Lipinski definition) is 2. The Balaban J connectivity index is 2.61. The molecule has 0 radical (unpaired) electrons. The second-order valence-electron chi connectivity index (χ2n) is 9.32. The molecule has 1 aliphatic rings. The number of ether oxygens (including phenoxy) is 2. The number of ketones is 1. The fourth-order valence-electron chi connectivity index (χ4n) is 4.30. The van der Waals surface area contributed by atoms with Gasteiger partial charge in [-0.3, -0.25) is 9.59 Å². The van der Waals surface area contributed by atoms with Crippen molar-refractivity contribution in [2.45, 2.75) is 59.1 Å². The monoisotopic (exact) mass is 501 g/mol. The molecule has 0 fully saturated rings. The van der Waals surface area contributed by atoms with Crippen LogP contribution in [-0.2, 0) is 29.4 Å². The van der Waals surface area contributed by atoms with Crippen molar-refractivity contribution in [1.82, 2.24) is 5.32 Å². The van der Waals surface area contributed by atoms with Crippen molar-refractivity contribution in [1.29, 1.82) is 0 Å². The van der Waals surface area contributed by atoms with E-state index in [0.29, 0.717) is 16.8 Å². The van der Waals surface area contributed by atoms with E-state index in [-0.39, 0.29) is 30.7 Å². The number of nitrogens with one attached hydrogen (secondary N) is 1. The lowest BCUT2D eigenvalue weighted by Crippen LogP contribution is -2.51. The van der Waals surface area contributed by atoms with Crippen LogP contribution in [0.4, 0.5) is 4.39 Å². The second kappa shape index (κ2) is 12.6. The van der Waals surface area contributed by atoms with Crippen LogP contribution in [0.1, 0.15) is 53.0 Å². The van der Waals surface area contributed by atoms with Crippen molar-refractivity contribution < 1.29 is 33.4 Å². The second-order valence-corrected chi connectivity index (χ2v) is 9.32. The Bertz CT molecular complexity index is 1050. The maximum atomic E-state index is 13.8. The Morgan fingerprint density at radius 3 is 2.31 bits per heavy atom. The summed E-state index contributed by atoms with van der Waals surface area (Å²) in [6, 6.07) is 6.13. The minimum atomic E-state index is -1.16. The minimum absolute atomic E-state index is 0.0497. The maximum Gasteiger partial charge on any atom is 0.339 e. The number of carbonyl (C=O) groups is 3. The molecule has 196 valence electrons. The predicted molar refractivity (Wildman–Crippen MR) is 134 cm³/mol. The standard InChI is InChI=1S/C28H36FNO6/c1-7-36-27(34)24-14-20(10-13-22(31)15-23(32)16-25(33)35-6)28(18(4)5,30-26(24)17(2)3)19-8-11-21(29)12-9-19/h8-14,17-18,22,30-31H,7,15-16H2,1-6H3/b13-10+. The van der Waals surface area contributed by atoms with Gasteiger partial charge in [-0.05, 0) is 48.1 Å². The number of aliphatic hydroxyl groups is 1. The lowest BCUT2D eigenvalue weighted by molar-refractivity contribution is -0.143. The van der Waals surface area contributed by atoms with Gasteiger partial charge in [0.2, 0.25) is 0 Å². The van der Waals surface area contributed by atoms with Crippen molar-refractivity contribution in [2.24, 2.45) is 11.8 Å². The van der Waals surface area contributed by atoms with Crippen molar-refractivity contribution in [3.63, 3.8) is 0 Å². The number of allylic oxidation sites excluding steroid dienone is 1. The number of benzene rings is 1. The zero-order valence-corrected chi connectivity index (χ0v) is 21.8. The summed E-state index contributed by atoms with van der Waals surface area (Å²) in [6.07, 6.45) is 2.98. The van der Waals surface area contributed by atoms with Gasteiger partial charge in [0.25, 0.3) is 0 Å². The summed E-state index contributed by atoms with van der Waals surface area (Å²) >= 11 is 0. The highest BCUT2D eigenvalue weighted by Gasteiger charge is 2.43. The van der Waals surface area contributed by atoms with Gasteiger partial charge in [-0.25, -0.2) is 9.18 Å². The molecule has 36 heavy (non-hydrogen) atoms. The Morgan fingerprint density at radius 2 is 1.78 bits per heavy atom. The average molecular weight is 502 g/mol. The lowest BCUT2D eigenvalue weighted by atomic mass is 9.70. The fourth-order valence-corrected chi connectivity index (χ4v) is 4.30. The molecule has 0 aromatic heterocycles. The number of rotatable bonds is 11. The van der Waals surface area contributed by atoms with Gasteiger partial charge in [0.05, 0.1) is 30.9 Å². The Morgan fingerprint density at radius 1 is 1.14 bits per heavy atom. The first-order valence-corrected chi connectivity index (χ1v) is 12.1. The first-order valence-electron chi connectivity index (χ1n) is 12.1. The molecule has 2 N–H and O–H groups in total. The van der Waals surface area contributed by atoms with Crippen molar-refractivity contribution in [3.05, 3.63) is 70.7 Å². The summed E-state index contributed by atoms with van der Waals surface area (Å²) in [5.41, 5.74) is 1.59. The summed E-state index contributed by atoms with van der Waals surface area (Å²) in [5, 5.41) is 14.1. The zero-order chi connectivity index (χ0) is 27.0. The number of esters is 2. The van der Waals surface area contributed by atoms with Crippen LogP contribution in [0.15, 0.2) is 59.3 Å². The molecule has 8 heteroatoms. The summed E-state index contributed by atoms with van der Waals surface area (Å²) < 4.78 is 23.6. The Labute approximate surface area is 212 Å². The number of Topliss-reactive ketones (excluding diaryl/α,β-unsaturated/α-hetero) is 1. The zero-order valence-electron chi connectivity index (χ0n) is 21.8. The molecule has 0 saturated carbocycles. The van der Waals surface area contributed by atoms with Crippen molar-refractivity contribution in [3.8, 4) is 0 Å². The molecule has 1 aromatic carbocycles. The normalized spacial score (nSPS) is 18.8. The smallest absolute Gasteiger partial charge is 0.339 e. The molecular formula is C28H36FNO6. The number of hydrogen-bond acceptors (Lipinski definition) is 7. The summed E-state index contributed by atoms with van der Waals surface area (Å²) in [7, 11) is 1.19. The van der Waals surface area contributed by atoms with E-state index in [2.05, 4.69) is 10.1 Å². The van der Waals surface area contributed by atoms with Crippen LogP contribution < -0.4 is 5.32 Å². The molecule has 2 unspecified atom stereocenters. The number of halogens is 1. The van der Waals surface area contributed by atoms with Crippen LogP contribution in [0, 0.1) is 17.7 Å². The fraction of sp³-hybridized carbons (Fsp3) is 0.464. The van der Waals surface area contributed by atoms with Gasteiger partial charge in [-0.2, -0.15) is 0 Å². The van der Waals surface area contributed by atoms with E-state index >= 15 is 0 Å². The molecule has 0 bridgehead atoms. The van der Waals surface area contributed by atoms with Gasteiger partial charge in [0.1, 0.15) is 18.0 Å². The molecule has 0 saturated heterocycles. The maximum absolute atomic E-state index is 13.8. The SMILES string of the molecule is CCOC(=O)C1=C(C(C)C)NC(c2ccc(F)cc2)(C(C)C)C(/C=C/C(O)CC(=O)CC(=O)OC)=C1. The molecule has 7 nitrogen and oxygen atoms in total. The predicted octanol–water partition coefficient (Wildman–Crippen LogP) is 4.12. The third-order valence-electron chi connectivity index (χ3n) is 6.12. The summed E-state index contributed by atoms with van der Waals surface area (Å²) in [6.45, 7) is 9.86. The molecule has 1 aromatic rings. The molecular weight excluding hydrogens is 465 g/mol. The van der Waals surface area contributed by atoms with E-state index < -0.39 is 35.8 Å². The van der Waals surface area contributed by atoms with Crippen LogP contribution in [0.5, 0.6) is 0 Å². The van der Waals surface area contributed by atoms with Gasteiger partial charge in [0, 0.05) is 12.1 Å². The van der Waals surface area contributed by atoms with Crippen LogP contribution in [0.25, 0.3) is 0 Å². The minimum Gasteiger partial charge on any atom is -0.469 e. The first-order chi connectivity index (χ1) is 17.0. The first kappa shape index (κ1) is 29.0. The van der Waals surface area contributed by atoms with Gasteiger partial charge in [-0.1, -0.05) is 52.0 Å². The van der Waals surface area contributed by atoms with Crippen LogP contribution in [0.2, 0.25) is 0 Å². The van der Waals surface area contributed by atoms with Crippen molar-refractivity contribution >= 4 is 17.7 Å². The number of methoxy groups -OCH3 is 1. The van der Waals surface area contributed by atoms with Gasteiger partial charge in [0.15, 0.2) is 0 Å². The molecule has 1 aliphatic heterocycles. The summed E-state index contributed by atoms with van der Waals surface area (Å²) in [4.78, 5) is 36.3. The third kappa shape index (κ3) is 6.69. The summed E-state index contributed by atoms with van der Waals surface area (Å²) in [5.74, 6) is -2.11. The highest BCUT2D eigenvalue weighted by molar-refractivity contribution is 5.96.